The lowest BCUT2D eigenvalue weighted by Gasteiger charge is -2.32. The summed E-state index contributed by atoms with van der Waals surface area (Å²) < 4.78 is 0. The number of aryl methyl sites for hydroxylation is 1. The summed E-state index contributed by atoms with van der Waals surface area (Å²) in [6, 6.07) is 9.47. The summed E-state index contributed by atoms with van der Waals surface area (Å²) in [7, 11) is 0. The highest BCUT2D eigenvalue weighted by Crippen LogP contribution is 2.37. The Morgan fingerprint density at radius 3 is 2.47 bits per heavy atom. The summed E-state index contributed by atoms with van der Waals surface area (Å²) in [5.41, 5.74) is 3.06. The first-order valence-electron chi connectivity index (χ1n) is 8.14. The average molecular weight is 259 g/mol. The molecular formula is C18H29N. The van der Waals surface area contributed by atoms with Crippen LogP contribution in [0.15, 0.2) is 24.3 Å². The molecule has 0 bridgehead atoms. The highest BCUT2D eigenvalue weighted by atomic mass is 14.8. The Kier molecular flexibility index (Phi) is 5.91. The van der Waals surface area contributed by atoms with Gasteiger partial charge >= 0.3 is 0 Å². The predicted molar refractivity (Wildman–Crippen MR) is 83.7 cm³/mol. The Hall–Kier alpha value is -0.820. The summed E-state index contributed by atoms with van der Waals surface area (Å²) in [4.78, 5) is 0. The van der Waals surface area contributed by atoms with Gasteiger partial charge in [-0.05, 0) is 55.3 Å². The van der Waals surface area contributed by atoms with Crippen LogP contribution >= 0.6 is 0 Å². The summed E-state index contributed by atoms with van der Waals surface area (Å²) in [6.45, 7) is 6.75. The van der Waals surface area contributed by atoms with Gasteiger partial charge in [-0.3, -0.25) is 0 Å². The van der Waals surface area contributed by atoms with Crippen molar-refractivity contribution in [2.24, 2.45) is 5.92 Å². The molecule has 1 saturated carbocycles. The SMILES string of the molecule is CCCc1ccc(C2CCCCC2CNCC)cc1. The summed E-state index contributed by atoms with van der Waals surface area (Å²) in [5, 5.41) is 3.55. The van der Waals surface area contributed by atoms with Crippen LogP contribution in [0.3, 0.4) is 0 Å². The third-order valence-corrected chi connectivity index (χ3v) is 4.51. The first kappa shape index (κ1) is 14.6. The Morgan fingerprint density at radius 2 is 1.79 bits per heavy atom. The molecule has 2 atom stereocenters. The van der Waals surface area contributed by atoms with Gasteiger partial charge in [-0.1, -0.05) is 57.4 Å². The van der Waals surface area contributed by atoms with Gasteiger partial charge in [0.1, 0.15) is 0 Å². The highest BCUT2D eigenvalue weighted by Gasteiger charge is 2.25. The van der Waals surface area contributed by atoms with E-state index in [9.17, 15) is 0 Å². The second kappa shape index (κ2) is 7.69. The molecule has 1 aliphatic rings. The molecule has 0 spiro atoms. The number of nitrogens with one attached hydrogen (secondary N) is 1. The van der Waals surface area contributed by atoms with E-state index in [4.69, 9.17) is 0 Å². The third-order valence-electron chi connectivity index (χ3n) is 4.51. The molecule has 2 unspecified atom stereocenters. The van der Waals surface area contributed by atoms with Gasteiger partial charge in [0, 0.05) is 0 Å². The Balaban J connectivity index is 2.03. The van der Waals surface area contributed by atoms with Crippen molar-refractivity contribution in [1.29, 1.82) is 0 Å². The average Bonchev–Trinajstić information content (AvgIpc) is 2.47. The summed E-state index contributed by atoms with van der Waals surface area (Å²) in [5.74, 6) is 1.62. The van der Waals surface area contributed by atoms with Crippen LogP contribution in [-0.2, 0) is 6.42 Å². The lowest BCUT2D eigenvalue weighted by Crippen LogP contribution is -2.29. The van der Waals surface area contributed by atoms with Crippen LogP contribution in [0.2, 0.25) is 0 Å². The first-order chi connectivity index (χ1) is 9.35. The van der Waals surface area contributed by atoms with Crippen LogP contribution in [0, 0.1) is 5.92 Å². The minimum absolute atomic E-state index is 0.781. The Morgan fingerprint density at radius 1 is 1.05 bits per heavy atom. The molecule has 0 saturated heterocycles. The van der Waals surface area contributed by atoms with Crippen molar-refractivity contribution in [2.45, 2.75) is 58.3 Å². The zero-order valence-corrected chi connectivity index (χ0v) is 12.6. The van der Waals surface area contributed by atoms with E-state index >= 15 is 0 Å². The van der Waals surface area contributed by atoms with Crippen LogP contribution in [0.4, 0.5) is 0 Å². The van der Waals surface area contributed by atoms with Gasteiger partial charge in [0.25, 0.3) is 0 Å². The van der Waals surface area contributed by atoms with E-state index < -0.39 is 0 Å². The molecule has 1 aromatic carbocycles. The van der Waals surface area contributed by atoms with Crippen molar-refractivity contribution in [2.75, 3.05) is 13.1 Å². The lowest BCUT2D eigenvalue weighted by atomic mass is 9.75. The monoisotopic (exact) mass is 259 g/mol. The van der Waals surface area contributed by atoms with Gasteiger partial charge in [-0.25, -0.2) is 0 Å². The van der Waals surface area contributed by atoms with Crippen molar-refractivity contribution in [3.8, 4) is 0 Å². The number of rotatable bonds is 6. The maximum Gasteiger partial charge on any atom is -0.00148 e. The zero-order chi connectivity index (χ0) is 13.5. The lowest BCUT2D eigenvalue weighted by molar-refractivity contribution is 0.297. The molecule has 19 heavy (non-hydrogen) atoms. The molecular weight excluding hydrogens is 230 g/mol. The van der Waals surface area contributed by atoms with Crippen molar-refractivity contribution >= 4 is 0 Å². The third kappa shape index (κ3) is 4.07. The number of hydrogen-bond donors (Lipinski definition) is 1. The van der Waals surface area contributed by atoms with E-state index in [1.807, 2.05) is 0 Å². The van der Waals surface area contributed by atoms with E-state index in [1.165, 1.54) is 50.6 Å². The molecule has 2 rings (SSSR count). The van der Waals surface area contributed by atoms with E-state index in [2.05, 4.69) is 43.4 Å². The number of benzene rings is 1. The van der Waals surface area contributed by atoms with Crippen molar-refractivity contribution in [3.63, 3.8) is 0 Å². The molecule has 0 aliphatic heterocycles. The van der Waals surface area contributed by atoms with Gasteiger partial charge in [0.15, 0.2) is 0 Å². The standard InChI is InChI=1S/C18H29N/c1-3-7-15-10-12-16(13-11-15)18-9-6-5-8-17(18)14-19-4-2/h10-13,17-19H,3-9,14H2,1-2H3. The van der Waals surface area contributed by atoms with Crippen LogP contribution in [0.25, 0.3) is 0 Å². The van der Waals surface area contributed by atoms with Gasteiger partial charge in [-0.15, -0.1) is 0 Å². The minimum atomic E-state index is 0.781. The fourth-order valence-electron chi connectivity index (χ4n) is 3.44. The molecule has 1 nitrogen and oxygen atoms in total. The van der Waals surface area contributed by atoms with Crippen molar-refractivity contribution in [3.05, 3.63) is 35.4 Å². The normalized spacial score (nSPS) is 23.5. The molecule has 1 heteroatoms. The van der Waals surface area contributed by atoms with Gasteiger partial charge in [-0.2, -0.15) is 0 Å². The Labute approximate surface area is 118 Å². The summed E-state index contributed by atoms with van der Waals surface area (Å²) in [6.07, 6.45) is 8.06. The Bertz CT molecular complexity index is 354. The van der Waals surface area contributed by atoms with Gasteiger partial charge in [0.05, 0.1) is 0 Å². The molecule has 1 fully saturated rings. The maximum absolute atomic E-state index is 3.55. The second-order valence-electron chi connectivity index (χ2n) is 5.95. The van der Waals surface area contributed by atoms with E-state index in [1.54, 1.807) is 5.56 Å². The second-order valence-corrected chi connectivity index (χ2v) is 5.95. The quantitative estimate of drug-likeness (QED) is 0.792. The predicted octanol–water partition coefficient (Wildman–Crippen LogP) is 4.52. The largest absolute Gasteiger partial charge is 0.317 e. The molecule has 106 valence electrons. The smallest absolute Gasteiger partial charge is 0.00148 e. The molecule has 0 radical (unpaired) electrons. The van der Waals surface area contributed by atoms with Crippen molar-refractivity contribution in [1.82, 2.24) is 5.32 Å². The highest BCUT2D eigenvalue weighted by molar-refractivity contribution is 5.26. The van der Waals surface area contributed by atoms with E-state index in [0.29, 0.717) is 0 Å². The topological polar surface area (TPSA) is 12.0 Å². The van der Waals surface area contributed by atoms with Crippen LogP contribution in [-0.4, -0.2) is 13.1 Å². The van der Waals surface area contributed by atoms with Crippen LogP contribution in [0.1, 0.15) is 63.0 Å². The van der Waals surface area contributed by atoms with Crippen molar-refractivity contribution < 1.29 is 0 Å². The maximum atomic E-state index is 3.55. The van der Waals surface area contributed by atoms with Crippen LogP contribution in [0.5, 0.6) is 0 Å². The molecule has 0 aromatic heterocycles. The zero-order valence-electron chi connectivity index (χ0n) is 12.6. The minimum Gasteiger partial charge on any atom is -0.317 e. The molecule has 1 aromatic rings. The molecule has 1 N–H and O–H groups in total. The van der Waals surface area contributed by atoms with E-state index in [-0.39, 0.29) is 0 Å². The van der Waals surface area contributed by atoms with Crippen LogP contribution < -0.4 is 5.32 Å². The number of hydrogen-bond acceptors (Lipinski definition) is 1. The first-order valence-corrected chi connectivity index (χ1v) is 8.14. The van der Waals surface area contributed by atoms with Gasteiger partial charge in [0.2, 0.25) is 0 Å². The molecule has 0 amide bonds. The van der Waals surface area contributed by atoms with E-state index in [0.717, 1.165) is 18.4 Å². The molecule has 0 heterocycles. The fourth-order valence-corrected chi connectivity index (χ4v) is 3.44. The molecule has 1 aliphatic carbocycles. The fraction of sp³-hybridized carbons (Fsp3) is 0.667. The van der Waals surface area contributed by atoms with Gasteiger partial charge < -0.3 is 5.32 Å². The summed E-state index contributed by atoms with van der Waals surface area (Å²) >= 11 is 0.